The Hall–Kier alpha value is -3.78. The van der Waals surface area contributed by atoms with Gasteiger partial charge in [-0.1, -0.05) is 97.3 Å². The summed E-state index contributed by atoms with van der Waals surface area (Å²) < 4.78 is 42.6. The molecule has 0 aliphatic heterocycles. The van der Waals surface area contributed by atoms with Gasteiger partial charge in [0.15, 0.2) is 0 Å². The van der Waals surface area contributed by atoms with Crippen molar-refractivity contribution in [2.45, 2.75) is 72.4 Å². The van der Waals surface area contributed by atoms with E-state index in [0.29, 0.717) is 23.4 Å². The monoisotopic (exact) mass is 780 g/mol. The summed E-state index contributed by atoms with van der Waals surface area (Å²) in [6, 6.07) is 17.9. The summed E-state index contributed by atoms with van der Waals surface area (Å²) in [6.45, 7) is 14.8. The molecule has 11 heteroatoms. The van der Waals surface area contributed by atoms with Crippen molar-refractivity contribution in [1.29, 1.82) is 0 Å². The van der Waals surface area contributed by atoms with Crippen LogP contribution in [0.15, 0.2) is 60.7 Å². The minimum atomic E-state index is -4.59. The number of pyridine rings is 2. The van der Waals surface area contributed by atoms with E-state index in [-0.39, 0.29) is 38.7 Å². The van der Waals surface area contributed by atoms with E-state index < -0.39 is 11.9 Å². The van der Waals surface area contributed by atoms with Crippen molar-refractivity contribution in [1.82, 2.24) is 29.5 Å². The molecule has 44 heavy (non-hydrogen) atoms. The summed E-state index contributed by atoms with van der Waals surface area (Å²) in [4.78, 5) is 11.8. The molecule has 1 aromatic carbocycles. The summed E-state index contributed by atoms with van der Waals surface area (Å²) in [5.74, 6) is 2.43. The molecule has 7 nitrogen and oxygen atoms in total. The van der Waals surface area contributed by atoms with Crippen LogP contribution in [-0.4, -0.2) is 29.5 Å². The summed E-state index contributed by atoms with van der Waals surface area (Å²) in [6.07, 6.45) is 1.06. The van der Waals surface area contributed by atoms with Crippen molar-refractivity contribution in [2.75, 3.05) is 4.90 Å². The van der Waals surface area contributed by atoms with Gasteiger partial charge in [-0.2, -0.15) is 13.2 Å². The van der Waals surface area contributed by atoms with E-state index in [4.69, 9.17) is 9.97 Å². The maximum Gasteiger partial charge on any atom is 2.00 e. The van der Waals surface area contributed by atoms with Crippen molar-refractivity contribution in [3.8, 4) is 11.6 Å². The predicted molar refractivity (Wildman–Crippen MR) is 161 cm³/mol. The first-order chi connectivity index (χ1) is 20.3. The Bertz CT molecular complexity index is 1710. The molecule has 0 radical (unpaired) electrons. The predicted octanol–water partition coefficient (Wildman–Crippen LogP) is 8.61. The average molecular weight is 781 g/mol. The number of aromatic nitrogens is 6. The van der Waals surface area contributed by atoms with Gasteiger partial charge in [-0.25, -0.2) is 0 Å². The largest absolute Gasteiger partial charge is 2.00 e. The molecule has 0 atom stereocenters. The van der Waals surface area contributed by atoms with Gasteiger partial charge >= 0.3 is 27.2 Å². The summed E-state index contributed by atoms with van der Waals surface area (Å²) in [5.41, 5.74) is 4.16. The topological polar surface area (TPSA) is 64.7 Å². The molecule has 0 amide bonds. The Balaban J connectivity index is 0.00000442. The second-order valence-electron chi connectivity index (χ2n) is 11.5. The van der Waals surface area contributed by atoms with Crippen LogP contribution in [0.3, 0.4) is 0 Å². The standard InChI is InChI=1S/C33H34F3N7.Pt/c1-20(2)24-18-25(21(3)4)32(26(19-24)22(5)6)43(30-12-8-10-28(37-30)41-16-14-23(7)39-41)31-13-9-11-29(38-31)42-17-15-27(40-42)33(34,35)36;/h8-15,18-22H,1-7H3;/q-2;+2. The number of anilines is 3. The fourth-order valence-corrected chi connectivity index (χ4v) is 4.86. The number of hydrogen-bond donors (Lipinski definition) is 0. The SMILES string of the molecule is Cc1c[c-]n(-c2cccc(N(c3cccc(-n4[c-]cc(C(F)(F)F)n4)n3)c3c(C(C)C)cc(C(C)C)cc3C(C)C)n2)n1.[Pt+2]. The molecule has 0 bridgehead atoms. The molecule has 0 N–H and O–H groups in total. The normalized spacial score (nSPS) is 11.8. The Morgan fingerprint density at radius 1 is 0.727 bits per heavy atom. The molecule has 232 valence electrons. The van der Waals surface area contributed by atoms with Crippen molar-refractivity contribution in [3.05, 3.63) is 101 Å². The minimum absolute atomic E-state index is 0. The van der Waals surface area contributed by atoms with Crippen LogP contribution in [-0.2, 0) is 27.2 Å². The summed E-state index contributed by atoms with van der Waals surface area (Å²) in [5, 5.41) is 8.18. The van der Waals surface area contributed by atoms with E-state index in [0.717, 1.165) is 33.3 Å². The van der Waals surface area contributed by atoms with Gasteiger partial charge in [0.2, 0.25) is 0 Å². The number of aryl methyl sites for hydroxylation is 1. The third kappa shape index (κ3) is 6.80. The average Bonchev–Trinajstić information content (AvgIpc) is 3.63. The van der Waals surface area contributed by atoms with Crippen molar-refractivity contribution >= 4 is 17.3 Å². The van der Waals surface area contributed by atoms with Crippen LogP contribution >= 0.6 is 0 Å². The van der Waals surface area contributed by atoms with Gasteiger partial charge in [-0.3, -0.25) is 25.1 Å². The van der Waals surface area contributed by atoms with Gasteiger partial charge in [-0.15, -0.1) is 12.1 Å². The van der Waals surface area contributed by atoms with Crippen LogP contribution in [0.4, 0.5) is 30.5 Å². The summed E-state index contributed by atoms with van der Waals surface area (Å²) in [7, 11) is 0. The number of benzene rings is 1. The van der Waals surface area contributed by atoms with Crippen LogP contribution in [0, 0.1) is 19.3 Å². The fraction of sp³-hybridized carbons (Fsp3) is 0.333. The molecule has 0 unspecified atom stereocenters. The van der Waals surface area contributed by atoms with E-state index >= 15 is 0 Å². The third-order valence-electron chi connectivity index (χ3n) is 7.13. The van der Waals surface area contributed by atoms with Crippen molar-refractivity contribution in [2.24, 2.45) is 0 Å². The number of halogens is 3. The molecule has 0 fully saturated rings. The zero-order valence-corrected chi connectivity index (χ0v) is 27.9. The Morgan fingerprint density at radius 2 is 1.23 bits per heavy atom. The number of alkyl halides is 3. The number of hydrogen-bond acceptors (Lipinski definition) is 5. The van der Waals surface area contributed by atoms with Gasteiger partial charge in [0.05, 0.1) is 23.0 Å². The zero-order valence-electron chi connectivity index (χ0n) is 25.6. The molecule has 5 rings (SSSR count). The first-order valence-electron chi connectivity index (χ1n) is 14.3. The first-order valence-corrected chi connectivity index (χ1v) is 14.3. The smallest absolute Gasteiger partial charge is 0.343 e. The second kappa shape index (κ2) is 13.1. The third-order valence-corrected chi connectivity index (χ3v) is 7.13. The van der Waals surface area contributed by atoms with Gasteiger partial charge in [0.1, 0.15) is 11.6 Å². The first kappa shape index (κ1) is 33.1. The van der Waals surface area contributed by atoms with Crippen molar-refractivity contribution in [3.63, 3.8) is 0 Å². The maximum atomic E-state index is 13.3. The molecule has 0 spiro atoms. The van der Waals surface area contributed by atoms with Gasteiger partial charge < -0.3 is 9.36 Å². The molecular formula is C33H34F3N7Pt. The molecular weight excluding hydrogens is 746 g/mol. The van der Waals surface area contributed by atoms with Gasteiger partial charge in [0.25, 0.3) is 0 Å². The van der Waals surface area contributed by atoms with E-state index in [9.17, 15) is 13.2 Å². The van der Waals surface area contributed by atoms with Crippen molar-refractivity contribution < 1.29 is 34.2 Å². The second-order valence-corrected chi connectivity index (χ2v) is 11.5. The maximum absolute atomic E-state index is 13.3. The Kier molecular flexibility index (Phi) is 9.83. The molecule has 5 aromatic rings. The van der Waals surface area contributed by atoms with E-state index in [1.807, 2.05) is 36.1 Å². The molecule has 4 heterocycles. The van der Waals surface area contributed by atoms with E-state index in [1.165, 1.54) is 5.56 Å². The van der Waals surface area contributed by atoms with Crippen LogP contribution < -0.4 is 4.90 Å². The van der Waals surface area contributed by atoms with Gasteiger partial charge in [-0.05, 0) is 52.3 Å². The van der Waals surface area contributed by atoms with E-state index in [1.54, 1.807) is 22.9 Å². The van der Waals surface area contributed by atoms with Gasteiger partial charge in [0, 0.05) is 0 Å². The quantitative estimate of drug-likeness (QED) is 0.148. The van der Waals surface area contributed by atoms with Crippen LogP contribution in [0.5, 0.6) is 0 Å². The minimum Gasteiger partial charge on any atom is -0.343 e. The molecule has 0 saturated carbocycles. The van der Waals surface area contributed by atoms with Crippen LogP contribution in [0.2, 0.25) is 0 Å². The molecule has 0 aliphatic carbocycles. The summed E-state index contributed by atoms with van der Waals surface area (Å²) >= 11 is 0. The number of nitrogens with zero attached hydrogens (tertiary/aromatic N) is 7. The van der Waals surface area contributed by atoms with Crippen LogP contribution in [0.25, 0.3) is 11.6 Å². The zero-order chi connectivity index (χ0) is 31.1. The van der Waals surface area contributed by atoms with E-state index in [2.05, 4.69) is 76.3 Å². The molecule has 4 aromatic heterocycles. The molecule has 0 saturated heterocycles. The van der Waals surface area contributed by atoms with Crippen LogP contribution in [0.1, 0.15) is 87.4 Å². The Labute approximate surface area is 270 Å². The molecule has 0 aliphatic rings. The Morgan fingerprint density at radius 3 is 1.64 bits per heavy atom. The number of rotatable bonds is 8. The fourth-order valence-electron chi connectivity index (χ4n) is 4.86.